The van der Waals surface area contributed by atoms with Crippen LogP contribution in [-0.2, 0) is 0 Å². The number of para-hydroxylation sites is 1. The molecule has 2 aromatic carbocycles. The van der Waals surface area contributed by atoms with Gasteiger partial charge < -0.3 is 19.5 Å². The van der Waals surface area contributed by atoms with Crippen molar-refractivity contribution < 1.29 is 14.6 Å². The number of hydrogen-bond acceptors (Lipinski definition) is 4. The molecule has 130 valence electrons. The Labute approximate surface area is 152 Å². The van der Waals surface area contributed by atoms with E-state index in [1.54, 1.807) is 24.3 Å². The summed E-state index contributed by atoms with van der Waals surface area (Å²) in [5.74, 6) is 1.35. The fourth-order valence-electron chi connectivity index (χ4n) is 2.10. The normalized spacial score (nSPS) is 12.2. The maximum atomic E-state index is 10.1. The minimum atomic E-state index is -0.609. The zero-order valence-corrected chi connectivity index (χ0v) is 15.0. The SMILES string of the molecule is CN(CCOc1ccc(Cl)cc1)CC(O)COc1ccccc1Cl. The Morgan fingerprint density at radius 2 is 1.75 bits per heavy atom. The minimum absolute atomic E-state index is 0.187. The van der Waals surface area contributed by atoms with E-state index in [1.165, 1.54) is 0 Å². The highest BCUT2D eigenvalue weighted by Gasteiger charge is 2.10. The standard InChI is InChI=1S/C18H21Cl2NO3/c1-21(10-11-23-16-8-6-14(19)7-9-16)12-15(22)13-24-18-5-3-2-4-17(18)20/h2-9,15,22H,10-13H2,1H3. The average molecular weight is 370 g/mol. The molecule has 0 aliphatic carbocycles. The maximum absolute atomic E-state index is 10.1. The van der Waals surface area contributed by atoms with E-state index in [-0.39, 0.29) is 6.61 Å². The second kappa shape index (κ2) is 9.74. The molecule has 2 aromatic rings. The van der Waals surface area contributed by atoms with Gasteiger partial charge in [0, 0.05) is 18.1 Å². The molecule has 4 nitrogen and oxygen atoms in total. The summed E-state index contributed by atoms with van der Waals surface area (Å²) in [6.45, 7) is 1.88. The molecular weight excluding hydrogens is 349 g/mol. The van der Waals surface area contributed by atoms with Crippen LogP contribution in [0, 0.1) is 0 Å². The summed E-state index contributed by atoms with van der Waals surface area (Å²) >= 11 is 11.8. The van der Waals surface area contributed by atoms with Crippen molar-refractivity contribution in [3.63, 3.8) is 0 Å². The van der Waals surface area contributed by atoms with Gasteiger partial charge in [-0.1, -0.05) is 35.3 Å². The number of hydrogen-bond donors (Lipinski definition) is 1. The van der Waals surface area contributed by atoms with Crippen molar-refractivity contribution in [1.82, 2.24) is 4.90 Å². The maximum Gasteiger partial charge on any atom is 0.138 e. The van der Waals surface area contributed by atoms with Gasteiger partial charge in [0.25, 0.3) is 0 Å². The Balaban J connectivity index is 1.65. The first-order valence-electron chi connectivity index (χ1n) is 7.67. The van der Waals surface area contributed by atoms with Gasteiger partial charge in [-0.25, -0.2) is 0 Å². The fourth-order valence-corrected chi connectivity index (χ4v) is 2.42. The molecule has 0 saturated heterocycles. The lowest BCUT2D eigenvalue weighted by Crippen LogP contribution is -2.35. The number of aliphatic hydroxyl groups is 1. The van der Waals surface area contributed by atoms with Gasteiger partial charge in [-0.3, -0.25) is 0 Å². The molecule has 0 saturated carbocycles. The van der Waals surface area contributed by atoms with Gasteiger partial charge in [-0.2, -0.15) is 0 Å². The van der Waals surface area contributed by atoms with Crippen LogP contribution in [0.25, 0.3) is 0 Å². The third-order valence-corrected chi connectivity index (χ3v) is 3.91. The third-order valence-electron chi connectivity index (χ3n) is 3.35. The molecule has 1 unspecified atom stereocenters. The highest BCUT2D eigenvalue weighted by atomic mass is 35.5. The van der Waals surface area contributed by atoms with Gasteiger partial charge in [0.2, 0.25) is 0 Å². The smallest absolute Gasteiger partial charge is 0.138 e. The van der Waals surface area contributed by atoms with E-state index in [9.17, 15) is 5.11 Å². The number of nitrogens with zero attached hydrogens (tertiary/aromatic N) is 1. The monoisotopic (exact) mass is 369 g/mol. The zero-order chi connectivity index (χ0) is 17.4. The van der Waals surface area contributed by atoms with E-state index in [0.29, 0.717) is 35.5 Å². The van der Waals surface area contributed by atoms with Gasteiger partial charge in [-0.15, -0.1) is 0 Å². The van der Waals surface area contributed by atoms with Crippen LogP contribution in [0.2, 0.25) is 10.0 Å². The molecule has 0 aromatic heterocycles. The number of halogens is 2. The predicted molar refractivity (Wildman–Crippen MR) is 97.4 cm³/mol. The van der Waals surface area contributed by atoms with E-state index in [0.717, 1.165) is 5.75 Å². The number of ether oxygens (including phenoxy) is 2. The van der Waals surface area contributed by atoms with E-state index in [4.69, 9.17) is 32.7 Å². The minimum Gasteiger partial charge on any atom is -0.492 e. The zero-order valence-electron chi connectivity index (χ0n) is 13.5. The first kappa shape index (κ1) is 18.9. The number of rotatable bonds is 9. The first-order valence-corrected chi connectivity index (χ1v) is 8.42. The summed E-state index contributed by atoms with van der Waals surface area (Å²) in [6, 6.07) is 14.4. The van der Waals surface area contributed by atoms with Crippen molar-refractivity contribution >= 4 is 23.2 Å². The summed E-state index contributed by atoms with van der Waals surface area (Å²) in [4.78, 5) is 1.98. The summed E-state index contributed by atoms with van der Waals surface area (Å²) < 4.78 is 11.2. The summed E-state index contributed by atoms with van der Waals surface area (Å²) in [5, 5.41) is 11.3. The summed E-state index contributed by atoms with van der Waals surface area (Å²) in [5.41, 5.74) is 0. The van der Waals surface area contributed by atoms with Crippen molar-refractivity contribution in [2.24, 2.45) is 0 Å². The van der Waals surface area contributed by atoms with Crippen molar-refractivity contribution in [3.05, 3.63) is 58.6 Å². The highest BCUT2D eigenvalue weighted by molar-refractivity contribution is 6.32. The molecule has 0 bridgehead atoms. The van der Waals surface area contributed by atoms with Crippen LogP contribution >= 0.6 is 23.2 Å². The molecule has 0 fully saturated rings. The van der Waals surface area contributed by atoms with Crippen molar-refractivity contribution in [3.8, 4) is 11.5 Å². The van der Waals surface area contributed by atoms with Crippen molar-refractivity contribution in [2.45, 2.75) is 6.10 Å². The summed E-state index contributed by atoms with van der Waals surface area (Å²) in [6.07, 6.45) is -0.609. The Morgan fingerprint density at radius 1 is 1.04 bits per heavy atom. The largest absolute Gasteiger partial charge is 0.492 e. The second-order valence-corrected chi connectivity index (χ2v) is 6.30. The van der Waals surface area contributed by atoms with E-state index in [1.807, 2.05) is 36.2 Å². The number of aliphatic hydroxyl groups excluding tert-OH is 1. The van der Waals surface area contributed by atoms with Crippen LogP contribution in [0.3, 0.4) is 0 Å². The molecule has 1 atom stereocenters. The molecule has 0 aliphatic rings. The molecule has 0 amide bonds. The molecule has 0 radical (unpaired) electrons. The Morgan fingerprint density at radius 3 is 2.46 bits per heavy atom. The van der Waals surface area contributed by atoms with Crippen LogP contribution in [0.5, 0.6) is 11.5 Å². The molecular formula is C18H21Cl2NO3. The fraction of sp³-hybridized carbons (Fsp3) is 0.333. The number of likely N-dealkylation sites (N-methyl/N-ethyl adjacent to an activating group) is 1. The van der Waals surface area contributed by atoms with Crippen molar-refractivity contribution in [1.29, 1.82) is 0 Å². The molecule has 2 rings (SSSR count). The Kier molecular flexibility index (Phi) is 7.66. The lowest BCUT2D eigenvalue weighted by atomic mass is 10.3. The van der Waals surface area contributed by atoms with E-state index < -0.39 is 6.10 Å². The predicted octanol–water partition coefficient (Wildman–Crippen LogP) is 3.74. The van der Waals surface area contributed by atoms with Gasteiger partial charge in [0.15, 0.2) is 0 Å². The van der Waals surface area contributed by atoms with Crippen LogP contribution in [0.1, 0.15) is 0 Å². The molecule has 1 N–H and O–H groups in total. The lowest BCUT2D eigenvalue weighted by molar-refractivity contribution is 0.0723. The topological polar surface area (TPSA) is 41.9 Å². The van der Waals surface area contributed by atoms with E-state index in [2.05, 4.69) is 0 Å². The molecule has 0 aliphatic heterocycles. The third kappa shape index (κ3) is 6.57. The Hall–Kier alpha value is -1.46. The average Bonchev–Trinajstić information content (AvgIpc) is 2.56. The van der Waals surface area contributed by atoms with Gasteiger partial charge in [-0.05, 0) is 43.4 Å². The molecule has 0 heterocycles. The van der Waals surface area contributed by atoms with Crippen LogP contribution < -0.4 is 9.47 Å². The lowest BCUT2D eigenvalue weighted by Gasteiger charge is -2.21. The van der Waals surface area contributed by atoms with E-state index >= 15 is 0 Å². The summed E-state index contributed by atoms with van der Waals surface area (Å²) in [7, 11) is 1.92. The van der Waals surface area contributed by atoms with Crippen LogP contribution in [0.15, 0.2) is 48.5 Å². The second-order valence-electron chi connectivity index (χ2n) is 5.46. The van der Waals surface area contributed by atoms with Gasteiger partial charge in [0.05, 0.1) is 5.02 Å². The molecule has 0 spiro atoms. The quantitative estimate of drug-likeness (QED) is 0.730. The van der Waals surface area contributed by atoms with Crippen LogP contribution in [0.4, 0.5) is 0 Å². The van der Waals surface area contributed by atoms with Crippen LogP contribution in [-0.4, -0.2) is 49.5 Å². The molecule has 24 heavy (non-hydrogen) atoms. The van der Waals surface area contributed by atoms with Crippen molar-refractivity contribution in [2.75, 3.05) is 33.4 Å². The highest BCUT2D eigenvalue weighted by Crippen LogP contribution is 2.23. The molecule has 6 heteroatoms. The Bertz CT molecular complexity index is 622. The van der Waals surface area contributed by atoms with Gasteiger partial charge in [0.1, 0.15) is 30.8 Å². The van der Waals surface area contributed by atoms with Gasteiger partial charge >= 0.3 is 0 Å². The first-order chi connectivity index (χ1) is 11.5. The number of benzene rings is 2.